The molecular formula is C18H13ClFNO2S. The van der Waals surface area contributed by atoms with E-state index in [2.05, 4.69) is 0 Å². The van der Waals surface area contributed by atoms with Gasteiger partial charge in [-0.3, -0.25) is 14.5 Å². The molecule has 0 radical (unpaired) electrons. The number of nitrogens with zero attached hydrogens (tertiary/aromatic N) is 1. The van der Waals surface area contributed by atoms with E-state index in [1.54, 1.807) is 0 Å². The first-order valence-corrected chi connectivity index (χ1v) is 8.40. The van der Waals surface area contributed by atoms with E-state index in [4.69, 9.17) is 11.6 Å². The van der Waals surface area contributed by atoms with E-state index in [9.17, 15) is 14.0 Å². The minimum Gasteiger partial charge on any atom is -0.268 e. The van der Waals surface area contributed by atoms with Crippen molar-refractivity contribution in [3.05, 3.63) is 74.9 Å². The molecule has 6 heteroatoms. The molecule has 1 aliphatic heterocycles. The van der Waals surface area contributed by atoms with E-state index in [0.717, 1.165) is 27.8 Å². The van der Waals surface area contributed by atoms with Crippen molar-refractivity contribution in [3.63, 3.8) is 0 Å². The lowest BCUT2D eigenvalue weighted by Crippen LogP contribution is -2.27. The number of carbonyl (C=O) groups is 2. The van der Waals surface area contributed by atoms with Crippen molar-refractivity contribution in [1.82, 2.24) is 4.90 Å². The molecule has 1 heterocycles. The molecule has 1 fully saturated rings. The number of imide groups is 1. The molecule has 0 aromatic heterocycles. The first-order valence-electron chi connectivity index (χ1n) is 7.20. The van der Waals surface area contributed by atoms with Crippen LogP contribution in [0.3, 0.4) is 0 Å². The van der Waals surface area contributed by atoms with Crippen LogP contribution in [0.2, 0.25) is 5.02 Å². The molecule has 2 aromatic carbocycles. The third-order valence-corrected chi connectivity index (χ3v) is 4.81. The largest absolute Gasteiger partial charge is 0.293 e. The van der Waals surface area contributed by atoms with Crippen molar-refractivity contribution in [3.8, 4) is 0 Å². The summed E-state index contributed by atoms with van der Waals surface area (Å²) in [5.41, 5.74) is 2.02. The van der Waals surface area contributed by atoms with Crippen molar-refractivity contribution in [2.24, 2.45) is 0 Å². The molecule has 1 saturated heterocycles. The quantitative estimate of drug-likeness (QED) is 0.720. The number of carbonyl (C=O) groups excluding carboxylic acids is 2. The van der Waals surface area contributed by atoms with Gasteiger partial charge in [0.1, 0.15) is 5.82 Å². The molecule has 3 rings (SSSR count). The average molecular weight is 362 g/mol. The predicted molar refractivity (Wildman–Crippen MR) is 94.1 cm³/mol. The van der Waals surface area contributed by atoms with Crippen LogP contribution >= 0.6 is 23.4 Å². The van der Waals surface area contributed by atoms with Gasteiger partial charge in [-0.2, -0.15) is 0 Å². The van der Waals surface area contributed by atoms with Gasteiger partial charge >= 0.3 is 0 Å². The minimum atomic E-state index is -0.534. The summed E-state index contributed by atoms with van der Waals surface area (Å²) in [5.74, 6) is -0.973. The third-order valence-electron chi connectivity index (χ3n) is 3.57. The predicted octanol–water partition coefficient (Wildman–Crippen LogP) is 5.02. The van der Waals surface area contributed by atoms with Gasteiger partial charge in [0.2, 0.25) is 0 Å². The van der Waals surface area contributed by atoms with Crippen LogP contribution in [0.1, 0.15) is 16.7 Å². The number of benzene rings is 2. The van der Waals surface area contributed by atoms with Crippen LogP contribution in [0.4, 0.5) is 9.18 Å². The van der Waals surface area contributed by atoms with Gasteiger partial charge in [0.25, 0.3) is 11.1 Å². The van der Waals surface area contributed by atoms with Gasteiger partial charge in [-0.25, -0.2) is 4.39 Å². The summed E-state index contributed by atoms with van der Waals surface area (Å²) in [5, 5.41) is -0.180. The Bertz CT molecular complexity index is 846. The van der Waals surface area contributed by atoms with Gasteiger partial charge in [-0.1, -0.05) is 47.5 Å². The van der Waals surface area contributed by atoms with Crippen LogP contribution in [0.5, 0.6) is 0 Å². The van der Waals surface area contributed by atoms with E-state index < -0.39 is 11.7 Å². The molecule has 1 aliphatic rings. The second-order valence-corrected chi connectivity index (χ2v) is 6.79. The van der Waals surface area contributed by atoms with Gasteiger partial charge < -0.3 is 0 Å². The fourth-order valence-electron chi connectivity index (χ4n) is 2.41. The van der Waals surface area contributed by atoms with Crippen LogP contribution < -0.4 is 0 Å². The lowest BCUT2D eigenvalue weighted by Gasteiger charge is -2.12. The smallest absolute Gasteiger partial charge is 0.268 e. The Hall–Kier alpha value is -2.11. The maximum atomic E-state index is 13.9. The van der Waals surface area contributed by atoms with Crippen molar-refractivity contribution >= 4 is 40.6 Å². The Kier molecular flexibility index (Phi) is 4.73. The molecule has 0 spiro atoms. The van der Waals surface area contributed by atoms with E-state index in [1.807, 2.05) is 31.2 Å². The SMILES string of the molecule is Cc1cccc(CN2C(=O)S/C(=C\c3c(F)cccc3Cl)C2=O)c1. The van der Waals surface area contributed by atoms with Crippen LogP contribution in [0.25, 0.3) is 6.08 Å². The Morgan fingerprint density at radius 2 is 1.96 bits per heavy atom. The second kappa shape index (κ2) is 6.79. The number of halogens is 2. The summed E-state index contributed by atoms with van der Waals surface area (Å²) in [6.45, 7) is 2.13. The van der Waals surface area contributed by atoms with E-state index in [-0.39, 0.29) is 27.3 Å². The van der Waals surface area contributed by atoms with E-state index in [1.165, 1.54) is 24.3 Å². The second-order valence-electron chi connectivity index (χ2n) is 5.39. The summed E-state index contributed by atoms with van der Waals surface area (Å²) < 4.78 is 13.9. The number of rotatable bonds is 3. The number of hydrogen-bond acceptors (Lipinski definition) is 3. The summed E-state index contributed by atoms with van der Waals surface area (Å²) in [4.78, 5) is 25.9. The summed E-state index contributed by atoms with van der Waals surface area (Å²) in [7, 11) is 0. The maximum absolute atomic E-state index is 13.9. The van der Waals surface area contributed by atoms with Gasteiger partial charge in [-0.15, -0.1) is 0 Å². The standard InChI is InChI=1S/C18H13ClFNO2S/c1-11-4-2-5-12(8-11)10-21-17(22)16(24-18(21)23)9-13-14(19)6-3-7-15(13)20/h2-9H,10H2,1H3/b16-9-. The summed E-state index contributed by atoms with van der Waals surface area (Å²) in [6.07, 6.45) is 1.33. The highest BCUT2D eigenvalue weighted by Crippen LogP contribution is 2.35. The number of aryl methyl sites for hydroxylation is 1. The van der Waals surface area contributed by atoms with Crippen molar-refractivity contribution in [2.75, 3.05) is 0 Å². The monoisotopic (exact) mass is 361 g/mol. The minimum absolute atomic E-state index is 0.111. The maximum Gasteiger partial charge on any atom is 0.293 e. The van der Waals surface area contributed by atoms with Crippen LogP contribution in [0, 0.1) is 12.7 Å². The number of hydrogen-bond donors (Lipinski definition) is 0. The first-order chi connectivity index (χ1) is 11.5. The Morgan fingerprint density at radius 3 is 2.67 bits per heavy atom. The van der Waals surface area contributed by atoms with E-state index >= 15 is 0 Å². The molecule has 24 heavy (non-hydrogen) atoms. The number of amides is 2. The fourth-order valence-corrected chi connectivity index (χ4v) is 3.45. The molecule has 0 atom stereocenters. The summed E-state index contributed by atoms with van der Waals surface area (Å²) >= 11 is 6.76. The highest BCUT2D eigenvalue weighted by Gasteiger charge is 2.35. The van der Waals surface area contributed by atoms with Gasteiger partial charge in [-0.05, 0) is 42.5 Å². The molecule has 2 aromatic rings. The Labute approximate surface area is 148 Å². The molecular weight excluding hydrogens is 349 g/mol. The van der Waals surface area contributed by atoms with Crippen LogP contribution in [-0.4, -0.2) is 16.0 Å². The highest BCUT2D eigenvalue weighted by molar-refractivity contribution is 8.18. The van der Waals surface area contributed by atoms with Gasteiger partial charge in [0, 0.05) is 5.56 Å². The lowest BCUT2D eigenvalue weighted by atomic mass is 10.1. The zero-order valence-corrected chi connectivity index (χ0v) is 14.3. The topological polar surface area (TPSA) is 37.4 Å². The summed E-state index contributed by atoms with van der Waals surface area (Å²) in [6, 6.07) is 11.9. The normalized spacial score (nSPS) is 16.3. The first kappa shape index (κ1) is 16.7. The number of thioether (sulfide) groups is 1. The van der Waals surface area contributed by atoms with E-state index in [0.29, 0.717) is 0 Å². The van der Waals surface area contributed by atoms with Crippen molar-refractivity contribution in [2.45, 2.75) is 13.5 Å². The molecule has 0 N–H and O–H groups in total. The van der Waals surface area contributed by atoms with Gasteiger partial charge in [0.15, 0.2) is 0 Å². The molecule has 2 amide bonds. The molecule has 122 valence electrons. The van der Waals surface area contributed by atoms with Crippen molar-refractivity contribution in [1.29, 1.82) is 0 Å². The molecule has 0 saturated carbocycles. The third kappa shape index (κ3) is 3.37. The zero-order valence-electron chi connectivity index (χ0n) is 12.8. The Morgan fingerprint density at radius 1 is 1.21 bits per heavy atom. The van der Waals surface area contributed by atoms with Crippen LogP contribution in [-0.2, 0) is 11.3 Å². The zero-order chi connectivity index (χ0) is 17.3. The van der Waals surface area contributed by atoms with Crippen molar-refractivity contribution < 1.29 is 14.0 Å². The highest BCUT2D eigenvalue weighted by atomic mass is 35.5. The molecule has 3 nitrogen and oxygen atoms in total. The molecule has 0 aliphatic carbocycles. The van der Waals surface area contributed by atoms with Gasteiger partial charge in [0.05, 0.1) is 16.5 Å². The Balaban J connectivity index is 1.88. The van der Waals surface area contributed by atoms with Crippen LogP contribution in [0.15, 0.2) is 47.4 Å². The fraction of sp³-hybridized carbons (Fsp3) is 0.111. The lowest BCUT2D eigenvalue weighted by molar-refractivity contribution is -0.123. The average Bonchev–Trinajstić information content (AvgIpc) is 2.79. The molecule has 0 bridgehead atoms. The molecule has 0 unspecified atom stereocenters.